The zero-order chi connectivity index (χ0) is 19.0. The monoisotopic (exact) mass is 351 g/mol. The van der Waals surface area contributed by atoms with Crippen molar-refractivity contribution in [2.24, 2.45) is 0 Å². The molecule has 0 bridgehead atoms. The highest BCUT2D eigenvalue weighted by atomic mass is 15.1. The Bertz CT molecular complexity index is 1070. The van der Waals surface area contributed by atoms with Crippen LogP contribution >= 0.6 is 0 Å². The van der Waals surface area contributed by atoms with Crippen LogP contribution in [0, 0.1) is 27.7 Å². The van der Waals surface area contributed by atoms with Crippen molar-refractivity contribution >= 4 is 27.8 Å². The quantitative estimate of drug-likeness (QED) is 0.368. The molecule has 4 aromatic carbocycles. The van der Waals surface area contributed by atoms with Crippen LogP contribution < -0.4 is 4.90 Å². The van der Waals surface area contributed by atoms with E-state index in [0.29, 0.717) is 0 Å². The summed E-state index contributed by atoms with van der Waals surface area (Å²) in [5, 5.41) is 2.52. The van der Waals surface area contributed by atoms with E-state index in [4.69, 9.17) is 0 Å². The van der Waals surface area contributed by atoms with Crippen LogP contribution in [0.4, 0.5) is 17.1 Å². The molecule has 4 rings (SSSR count). The Morgan fingerprint density at radius 2 is 1.07 bits per heavy atom. The molecule has 0 aliphatic carbocycles. The van der Waals surface area contributed by atoms with E-state index in [-0.39, 0.29) is 0 Å². The number of hydrogen-bond acceptors (Lipinski definition) is 1. The summed E-state index contributed by atoms with van der Waals surface area (Å²) in [6.45, 7) is 8.69. The molecular formula is C26H25N. The van der Waals surface area contributed by atoms with Crippen molar-refractivity contribution < 1.29 is 0 Å². The van der Waals surface area contributed by atoms with Gasteiger partial charge in [-0.1, -0.05) is 71.8 Å². The van der Waals surface area contributed by atoms with Gasteiger partial charge in [0, 0.05) is 16.8 Å². The highest BCUT2D eigenvalue weighted by Gasteiger charge is 2.18. The minimum atomic E-state index is 1.21. The van der Waals surface area contributed by atoms with Crippen LogP contribution in [-0.4, -0.2) is 0 Å². The molecule has 0 spiro atoms. The number of aryl methyl sites for hydroxylation is 4. The second-order valence-corrected chi connectivity index (χ2v) is 7.41. The van der Waals surface area contributed by atoms with E-state index in [1.807, 2.05) is 0 Å². The number of rotatable bonds is 3. The Labute approximate surface area is 161 Å². The summed E-state index contributed by atoms with van der Waals surface area (Å²) < 4.78 is 0. The Hall–Kier alpha value is -3.06. The molecule has 0 amide bonds. The molecule has 0 heterocycles. The van der Waals surface area contributed by atoms with E-state index < -0.39 is 0 Å². The largest absolute Gasteiger partial charge is 0.309 e. The molecule has 0 N–H and O–H groups in total. The topological polar surface area (TPSA) is 3.24 Å². The fourth-order valence-corrected chi connectivity index (χ4v) is 3.91. The van der Waals surface area contributed by atoms with Gasteiger partial charge in [-0.2, -0.15) is 0 Å². The highest BCUT2D eigenvalue weighted by molar-refractivity contribution is 5.99. The van der Waals surface area contributed by atoms with Gasteiger partial charge in [0.2, 0.25) is 0 Å². The van der Waals surface area contributed by atoms with Crippen molar-refractivity contribution in [3.63, 3.8) is 0 Å². The highest BCUT2D eigenvalue weighted by Crippen LogP contribution is 2.41. The van der Waals surface area contributed by atoms with Crippen LogP contribution in [0.3, 0.4) is 0 Å². The summed E-state index contributed by atoms with van der Waals surface area (Å²) in [7, 11) is 0. The summed E-state index contributed by atoms with van der Waals surface area (Å²) in [5.41, 5.74) is 8.80. The normalized spacial score (nSPS) is 11.0. The van der Waals surface area contributed by atoms with Crippen molar-refractivity contribution in [2.45, 2.75) is 27.7 Å². The molecule has 0 saturated carbocycles. The van der Waals surface area contributed by atoms with Crippen LogP contribution in [0.15, 0.2) is 78.9 Å². The number of benzene rings is 4. The van der Waals surface area contributed by atoms with E-state index in [1.54, 1.807) is 0 Å². The molecule has 1 heteroatoms. The molecule has 0 aromatic heterocycles. The summed E-state index contributed by atoms with van der Waals surface area (Å²) >= 11 is 0. The molecule has 0 atom stereocenters. The molecule has 0 saturated heterocycles. The van der Waals surface area contributed by atoms with Gasteiger partial charge in [0.25, 0.3) is 0 Å². The molecule has 0 aliphatic rings. The van der Waals surface area contributed by atoms with E-state index in [1.165, 1.54) is 50.1 Å². The average Bonchev–Trinajstić information content (AvgIpc) is 2.65. The van der Waals surface area contributed by atoms with Gasteiger partial charge in [-0.25, -0.2) is 0 Å². The summed E-state index contributed by atoms with van der Waals surface area (Å²) in [6, 6.07) is 28.6. The molecule has 27 heavy (non-hydrogen) atoms. The number of hydrogen-bond donors (Lipinski definition) is 0. The lowest BCUT2D eigenvalue weighted by Gasteiger charge is -2.30. The maximum atomic E-state index is 2.41. The fourth-order valence-electron chi connectivity index (χ4n) is 3.91. The maximum absolute atomic E-state index is 2.41. The van der Waals surface area contributed by atoms with Gasteiger partial charge in [0.05, 0.1) is 5.69 Å². The Kier molecular flexibility index (Phi) is 4.45. The third kappa shape index (κ3) is 3.21. The van der Waals surface area contributed by atoms with Gasteiger partial charge in [-0.15, -0.1) is 0 Å². The Morgan fingerprint density at radius 3 is 1.67 bits per heavy atom. The second-order valence-electron chi connectivity index (χ2n) is 7.41. The molecule has 4 aromatic rings. The van der Waals surface area contributed by atoms with Crippen LogP contribution in [0.25, 0.3) is 10.8 Å². The lowest BCUT2D eigenvalue weighted by Crippen LogP contribution is -2.13. The molecule has 0 unspecified atom stereocenters. The predicted molar refractivity (Wildman–Crippen MR) is 118 cm³/mol. The summed E-state index contributed by atoms with van der Waals surface area (Å²) in [4.78, 5) is 2.41. The Balaban J connectivity index is 2.04. The van der Waals surface area contributed by atoms with E-state index in [9.17, 15) is 0 Å². The van der Waals surface area contributed by atoms with Crippen molar-refractivity contribution in [1.29, 1.82) is 0 Å². The van der Waals surface area contributed by atoms with Crippen LogP contribution in [-0.2, 0) is 0 Å². The van der Waals surface area contributed by atoms with Gasteiger partial charge in [-0.05, 0) is 62.4 Å². The van der Waals surface area contributed by atoms with Crippen molar-refractivity contribution in [3.05, 3.63) is 101 Å². The first-order valence-electron chi connectivity index (χ1n) is 9.47. The smallest absolute Gasteiger partial charge is 0.0540 e. The van der Waals surface area contributed by atoms with Crippen LogP contribution in [0.5, 0.6) is 0 Å². The maximum Gasteiger partial charge on any atom is 0.0540 e. The lowest BCUT2D eigenvalue weighted by atomic mass is 10.0. The van der Waals surface area contributed by atoms with E-state index in [0.717, 1.165) is 0 Å². The second kappa shape index (κ2) is 6.92. The van der Waals surface area contributed by atoms with Gasteiger partial charge in [-0.3, -0.25) is 0 Å². The molecule has 0 aliphatic heterocycles. The molecular weight excluding hydrogens is 326 g/mol. The van der Waals surface area contributed by atoms with E-state index >= 15 is 0 Å². The first-order valence-corrected chi connectivity index (χ1v) is 9.47. The zero-order valence-electron chi connectivity index (χ0n) is 16.5. The first kappa shape index (κ1) is 17.4. The van der Waals surface area contributed by atoms with Crippen molar-refractivity contribution in [3.8, 4) is 0 Å². The SMILES string of the molecule is Cc1ccc(N(c2ccc(C)cc2C)c2cccc3ccccc23)c(C)c1. The van der Waals surface area contributed by atoms with Crippen LogP contribution in [0.1, 0.15) is 22.3 Å². The number of anilines is 3. The van der Waals surface area contributed by atoms with Crippen LogP contribution in [0.2, 0.25) is 0 Å². The first-order chi connectivity index (χ1) is 13.0. The Morgan fingerprint density at radius 1 is 0.519 bits per heavy atom. The minimum Gasteiger partial charge on any atom is -0.309 e. The molecule has 1 nitrogen and oxygen atoms in total. The van der Waals surface area contributed by atoms with E-state index in [2.05, 4.69) is 111 Å². The van der Waals surface area contributed by atoms with Gasteiger partial charge in [0.15, 0.2) is 0 Å². The average molecular weight is 351 g/mol. The third-order valence-electron chi connectivity index (χ3n) is 5.19. The summed E-state index contributed by atoms with van der Waals surface area (Å²) in [6.07, 6.45) is 0. The predicted octanol–water partition coefficient (Wildman–Crippen LogP) is 7.54. The minimum absolute atomic E-state index is 1.21. The lowest BCUT2D eigenvalue weighted by molar-refractivity contribution is 1.22. The van der Waals surface area contributed by atoms with Crippen molar-refractivity contribution in [1.82, 2.24) is 0 Å². The number of nitrogens with zero attached hydrogens (tertiary/aromatic N) is 1. The van der Waals surface area contributed by atoms with Gasteiger partial charge in [0.1, 0.15) is 0 Å². The summed E-state index contributed by atoms with van der Waals surface area (Å²) in [5.74, 6) is 0. The third-order valence-corrected chi connectivity index (χ3v) is 5.19. The van der Waals surface area contributed by atoms with Crippen molar-refractivity contribution in [2.75, 3.05) is 4.90 Å². The zero-order valence-corrected chi connectivity index (χ0v) is 16.5. The van der Waals surface area contributed by atoms with Gasteiger partial charge >= 0.3 is 0 Å². The fraction of sp³-hybridized carbons (Fsp3) is 0.154. The van der Waals surface area contributed by atoms with Gasteiger partial charge < -0.3 is 4.90 Å². The molecule has 134 valence electrons. The molecule has 0 fully saturated rings. The molecule has 0 radical (unpaired) electrons. The number of fused-ring (bicyclic) bond motifs is 1. The standard InChI is InChI=1S/C26H25N/c1-18-12-14-24(20(3)16-18)27(25-15-13-19(2)17-21(25)4)26-11-7-9-22-8-5-6-10-23(22)26/h5-17H,1-4H3.